The molecule has 16 heavy (non-hydrogen) atoms. The average Bonchev–Trinajstić information content (AvgIpc) is 2.25. The Morgan fingerprint density at radius 1 is 1.50 bits per heavy atom. The molecule has 0 saturated carbocycles. The Labute approximate surface area is 102 Å². The molecule has 0 spiro atoms. The molecule has 5 heteroatoms. The van der Waals surface area contributed by atoms with Gasteiger partial charge in [0.1, 0.15) is 0 Å². The molecule has 0 aliphatic carbocycles. The van der Waals surface area contributed by atoms with Crippen LogP contribution in [-0.2, 0) is 0 Å². The molecule has 0 atom stereocenters. The lowest BCUT2D eigenvalue weighted by Crippen LogP contribution is -2.30. The molecule has 4 nitrogen and oxygen atoms in total. The zero-order chi connectivity index (χ0) is 11.8. The van der Waals surface area contributed by atoms with Gasteiger partial charge in [0.25, 0.3) is 0 Å². The molecule has 0 aliphatic rings. The van der Waals surface area contributed by atoms with Crippen LogP contribution in [0.5, 0.6) is 0 Å². The Kier molecular flexibility index (Phi) is 5.74. The third-order valence-corrected chi connectivity index (χ3v) is 2.23. The number of nitrogens with one attached hydrogen (secondary N) is 2. The van der Waals surface area contributed by atoms with Crippen molar-refractivity contribution >= 4 is 23.0 Å². The van der Waals surface area contributed by atoms with Crippen molar-refractivity contribution in [2.45, 2.75) is 6.42 Å². The molecule has 0 aliphatic heterocycles. The van der Waals surface area contributed by atoms with Gasteiger partial charge < -0.3 is 15.5 Å². The summed E-state index contributed by atoms with van der Waals surface area (Å²) in [5.41, 5.74) is 0.910. The molecular weight excluding hydrogens is 220 g/mol. The van der Waals surface area contributed by atoms with E-state index in [2.05, 4.69) is 34.6 Å². The van der Waals surface area contributed by atoms with E-state index >= 15 is 0 Å². The summed E-state index contributed by atoms with van der Waals surface area (Å²) >= 11 is 5.15. The van der Waals surface area contributed by atoms with Gasteiger partial charge in [0.2, 0.25) is 0 Å². The minimum Gasteiger partial charge on any atom is -0.362 e. The fourth-order valence-electron chi connectivity index (χ4n) is 1.21. The van der Waals surface area contributed by atoms with E-state index in [1.165, 1.54) is 0 Å². The monoisotopic (exact) mass is 238 g/mol. The topological polar surface area (TPSA) is 40.2 Å². The van der Waals surface area contributed by atoms with Crippen molar-refractivity contribution in [1.29, 1.82) is 0 Å². The first-order valence-electron chi connectivity index (χ1n) is 5.28. The first kappa shape index (κ1) is 12.9. The van der Waals surface area contributed by atoms with Gasteiger partial charge in [0, 0.05) is 12.7 Å². The summed E-state index contributed by atoms with van der Waals surface area (Å²) < 4.78 is 0. The third-order valence-electron chi connectivity index (χ3n) is 1.99. The second-order valence-electron chi connectivity index (χ2n) is 3.78. The first-order chi connectivity index (χ1) is 7.68. The van der Waals surface area contributed by atoms with Crippen LogP contribution in [0.1, 0.15) is 6.42 Å². The molecule has 0 saturated heterocycles. The fourth-order valence-corrected chi connectivity index (χ4v) is 1.43. The van der Waals surface area contributed by atoms with E-state index in [0.29, 0.717) is 5.11 Å². The van der Waals surface area contributed by atoms with Gasteiger partial charge in [-0.05, 0) is 51.4 Å². The minimum absolute atomic E-state index is 0.645. The van der Waals surface area contributed by atoms with Crippen molar-refractivity contribution in [3.05, 3.63) is 24.5 Å². The number of rotatable bonds is 5. The van der Waals surface area contributed by atoms with Crippen molar-refractivity contribution in [1.82, 2.24) is 15.2 Å². The molecule has 0 aromatic carbocycles. The van der Waals surface area contributed by atoms with E-state index in [-0.39, 0.29) is 0 Å². The molecule has 0 amide bonds. The summed E-state index contributed by atoms with van der Waals surface area (Å²) in [7, 11) is 4.12. The number of anilines is 1. The van der Waals surface area contributed by atoms with Crippen molar-refractivity contribution in [2.75, 3.05) is 32.5 Å². The molecule has 1 aromatic heterocycles. The van der Waals surface area contributed by atoms with Crippen molar-refractivity contribution in [2.24, 2.45) is 0 Å². The second-order valence-corrected chi connectivity index (χ2v) is 4.19. The predicted molar refractivity (Wildman–Crippen MR) is 71.6 cm³/mol. The molecule has 0 bridgehead atoms. The van der Waals surface area contributed by atoms with Gasteiger partial charge in [-0.15, -0.1) is 0 Å². The smallest absolute Gasteiger partial charge is 0.170 e. The number of nitrogens with zero attached hydrogens (tertiary/aromatic N) is 2. The molecule has 0 unspecified atom stereocenters. The average molecular weight is 238 g/mol. The van der Waals surface area contributed by atoms with Crippen LogP contribution in [0, 0.1) is 0 Å². The van der Waals surface area contributed by atoms with Gasteiger partial charge in [-0.3, -0.25) is 4.98 Å². The Bertz CT molecular complexity index is 313. The van der Waals surface area contributed by atoms with E-state index in [1.54, 1.807) is 12.4 Å². The first-order valence-corrected chi connectivity index (χ1v) is 5.69. The number of hydrogen-bond donors (Lipinski definition) is 2. The normalized spacial score (nSPS) is 10.2. The lowest BCUT2D eigenvalue weighted by atomic mass is 10.4. The van der Waals surface area contributed by atoms with Crippen molar-refractivity contribution in [3.8, 4) is 0 Å². The van der Waals surface area contributed by atoms with Crippen LogP contribution < -0.4 is 10.6 Å². The highest BCUT2D eigenvalue weighted by Crippen LogP contribution is 2.01. The number of thiocarbonyl (C=S) groups is 1. The Balaban J connectivity index is 2.17. The molecular formula is C11H18N4S. The SMILES string of the molecule is CN(C)CCCNC(=S)Nc1cccnc1. The van der Waals surface area contributed by atoms with Crippen LogP contribution in [0.3, 0.4) is 0 Å². The molecule has 1 aromatic rings. The van der Waals surface area contributed by atoms with Crippen LogP contribution in [0.4, 0.5) is 5.69 Å². The summed E-state index contributed by atoms with van der Waals surface area (Å²) in [5.74, 6) is 0. The molecule has 2 N–H and O–H groups in total. The zero-order valence-electron chi connectivity index (χ0n) is 9.73. The highest BCUT2D eigenvalue weighted by molar-refractivity contribution is 7.80. The largest absolute Gasteiger partial charge is 0.362 e. The molecule has 0 radical (unpaired) electrons. The van der Waals surface area contributed by atoms with Crippen LogP contribution >= 0.6 is 12.2 Å². The number of hydrogen-bond acceptors (Lipinski definition) is 3. The number of pyridine rings is 1. The van der Waals surface area contributed by atoms with E-state index in [1.807, 2.05) is 12.1 Å². The highest BCUT2D eigenvalue weighted by Gasteiger charge is 1.96. The van der Waals surface area contributed by atoms with Gasteiger partial charge in [0.05, 0.1) is 11.9 Å². The summed E-state index contributed by atoms with van der Waals surface area (Å²) in [6, 6.07) is 3.80. The molecule has 0 fully saturated rings. The molecule has 88 valence electrons. The third kappa shape index (κ3) is 5.63. The summed E-state index contributed by atoms with van der Waals surface area (Å²) in [6.45, 7) is 1.94. The fraction of sp³-hybridized carbons (Fsp3) is 0.455. The summed E-state index contributed by atoms with van der Waals surface area (Å²) in [4.78, 5) is 6.15. The number of aromatic nitrogens is 1. The predicted octanol–water partition coefficient (Wildman–Crippen LogP) is 1.32. The van der Waals surface area contributed by atoms with Gasteiger partial charge >= 0.3 is 0 Å². The van der Waals surface area contributed by atoms with Crippen molar-refractivity contribution < 1.29 is 0 Å². The van der Waals surface area contributed by atoms with Gasteiger partial charge in [-0.1, -0.05) is 0 Å². The highest BCUT2D eigenvalue weighted by atomic mass is 32.1. The van der Waals surface area contributed by atoms with Gasteiger partial charge in [-0.25, -0.2) is 0 Å². The van der Waals surface area contributed by atoms with E-state index in [9.17, 15) is 0 Å². The van der Waals surface area contributed by atoms with Crippen LogP contribution in [0.2, 0.25) is 0 Å². The summed E-state index contributed by atoms with van der Waals surface area (Å²) in [5, 5.41) is 6.87. The minimum atomic E-state index is 0.645. The van der Waals surface area contributed by atoms with Crippen LogP contribution in [-0.4, -0.2) is 42.2 Å². The molecule has 1 rings (SSSR count). The van der Waals surface area contributed by atoms with Crippen LogP contribution in [0.15, 0.2) is 24.5 Å². The van der Waals surface area contributed by atoms with E-state index in [0.717, 1.165) is 25.2 Å². The Morgan fingerprint density at radius 2 is 2.31 bits per heavy atom. The quantitative estimate of drug-likeness (QED) is 0.598. The Morgan fingerprint density at radius 3 is 2.94 bits per heavy atom. The maximum atomic E-state index is 5.15. The van der Waals surface area contributed by atoms with Gasteiger partial charge in [-0.2, -0.15) is 0 Å². The zero-order valence-corrected chi connectivity index (χ0v) is 10.5. The molecule has 1 heterocycles. The maximum Gasteiger partial charge on any atom is 0.170 e. The second kappa shape index (κ2) is 7.14. The summed E-state index contributed by atoms with van der Waals surface area (Å²) in [6.07, 6.45) is 4.55. The lowest BCUT2D eigenvalue weighted by molar-refractivity contribution is 0.400. The lowest BCUT2D eigenvalue weighted by Gasteiger charge is -2.12. The van der Waals surface area contributed by atoms with Gasteiger partial charge in [0.15, 0.2) is 5.11 Å². The van der Waals surface area contributed by atoms with E-state index < -0.39 is 0 Å². The van der Waals surface area contributed by atoms with E-state index in [4.69, 9.17) is 12.2 Å². The van der Waals surface area contributed by atoms with Crippen molar-refractivity contribution in [3.63, 3.8) is 0 Å². The van der Waals surface area contributed by atoms with Crippen LogP contribution in [0.25, 0.3) is 0 Å². The Hall–Kier alpha value is -1.20. The maximum absolute atomic E-state index is 5.15. The standard InChI is InChI=1S/C11H18N4S/c1-15(2)8-4-7-13-11(16)14-10-5-3-6-12-9-10/h3,5-6,9H,4,7-8H2,1-2H3,(H2,13,14,16).